The number of benzene rings is 2. The first-order valence-corrected chi connectivity index (χ1v) is 9.78. The molecule has 154 valence electrons. The van der Waals surface area contributed by atoms with Gasteiger partial charge in [0.15, 0.2) is 5.82 Å². The lowest BCUT2D eigenvalue weighted by Crippen LogP contribution is -2.24. The molecule has 1 saturated carbocycles. The van der Waals surface area contributed by atoms with Gasteiger partial charge in [-0.05, 0) is 54.8 Å². The maximum absolute atomic E-state index is 12.4. The molecule has 0 unspecified atom stereocenters. The highest BCUT2D eigenvalue weighted by molar-refractivity contribution is 6.33. The minimum absolute atomic E-state index is 0.0552. The molecule has 2 N–H and O–H groups in total. The third-order valence-corrected chi connectivity index (χ3v) is 5.18. The van der Waals surface area contributed by atoms with Crippen LogP contribution in [0.2, 0.25) is 5.02 Å². The van der Waals surface area contributed by atoms with Gasteiger partial charge < -0.3 is 10.1 Å². The van der Waals surface area contributed by atoms with Crippen LogP contribution in [-0.4, -0.2) is 33.8 Å². The lowest BCUT2D eigenvalue weighted by Gasteiger charge is -2.07. The van der Waals surface area contributed by atoms with Crippen LogP contribution in [0.1, 0.15) is 28.8 Å². The standard InChI is InChI=1S/C21H19ClN4O4/c1-30-20(28)14-5-7-15(8-6-14)26-21(29)24-18(25-26)16-10-12(2-9-17(16)22)11-23-19(27)13-3-4-13/h2,5-10,13H,3-4,11H2,1H3,(H,23,27)(H,24,25,29). The molecule has 0 aliphatic heterocycles. The third-order valence-electron chi connectivity index (χ3n) is 4.85. The van der Waals surface area contributed by atoms with E-state index in [2.05, 4.69) is 20.1 Å². The maximum atomic E-state index is 12.4. The van der Waals surface area contributed by atoms with Crippen LogP contribution in [0.15, 0.2) is 47.3 Å². The summed E-state index contributed by atoms with van der Waals surface area (Å²) in [6.07, 6.45) is 1.88. The predicted molar refractivity (Wildman–Crippen MR) is 111 cm³/mol. The van der Waals surface area contributed by atoms with Crippen LogP contribution in [-0.2, 0) is 16.1 Å². The van der Waals surface area contributed by atoms with Crippen molar-refractivity contribution < 1.29 is 14.3 Å². The molecule has 30 heavy (non-hydrogen) atoms. The Bertz CT molecular complexity index is 1160. The Labute approximate surface area is 176 Å². The van der Waals surface area contributed by atoms with Gasteiger partial charge in [0.2, 0.25) is 5.91 Å². The summed E-state index contributed by atoms with van der Waals surface area (Å²) >= 11 is 6.32. The maximum Gasteiger partial charge on any atom is 0.348 e. The van der Waals surface area contributed by atoms with Crippen molar-refractivity contribution in [2.45, 2.75) is 19.4 Å². The van der Waals surface area contributed by atoms with Gasteiger partial charge in [0, 0.05) is 18.0 Å². The third kappa shape index (κ3) is 4.13. The first-order valence-electron chi connectivity index (χ1n) is 9.41. The topological polar surface area (TPSA) is 106 Å². The van der Waals surface area contributed by atoms with Crippen LogP contribution in [0.25, 0.3) is 17.1 Å². The summed E-state index contributed by atoms with van der Waals surface area (Å²) in [4.78, 5) is 38.6. The van der Waals surface area contributed by atoms with Crippen LogP contribution < -0.4 is 11.0 Å². The number of halogens is 1. The van der Waals surface area contributed by atoms with E-state index in [0.717, 1.165) is 18.4 Å². The largest absolute Gasteiger partial charge is 0.465 e. The van der Waals surface area contributed by atoms with Gasteiger partial charge in [0.05, 0.1) is 23.4 Å². The summed E-state index contributed by atoms with van der Waals surface area (Å²) < 4.78 is 5.86. The normalized spacial score (nSPS) is 13.1. The van der Waals surface area contributed by atoms with Crippen molar-refractivity contribution in [1.29, 1.82) is 0 Å². The number of hydrogen-bond donors (Lipinski definition) is 2. The lowest BCUT2D eigenvalue weighted by atomic mass is 10.1. The zero-order chi connectivity index (χ0) is 21.3. The van der Waals surface area contributed by atoms with E-state index in [1.807, 2.05) is 6.07 Å². The smallest absolute Gasteiger partial charge is 0.348 e. The van der Waals surface area contributed by atoms with Crippen molar-refractivity contribution >= 4 is 23.5 Å². The number of rotatable bonds is 6. The van der Waals surface area contributed by atoms with Crippen molar-refractivity contribution in [3.63, 3.8) is 0 Å². The fourth-order valence-corrected chi connectivity index (χ4v) is 3.23. The predicted octanol–water partition coefficient (Wildman–Crippen LogP) is 2.69. The van der Waals surface area contributed by atoms with Crippen LogP contribution >= 0.6 is 11.6 Å². The summed E-state index contributed by atoms with van der Waals surface area (Å²) in [7, 11) is 1.30. The number of nitrogens with one attached hydrogen (secondary N) is 2. The molecular weight excluding hydrogens is 408 g/mol. The first kappa shape index (κ1) is 19.9. The molecule has 3 aromatic rings. The Balaban J connectivity index is 1.59. The van der Waals surface area contributed by atoms with Crippen molar-refractivity contribution in [2.75, 3.05) is 7.11 Å². The molecule has 4 rings (SSSR count). The van der Waals surface area contributed by atoms with Gasteiger partial charge in [0.25, 0.3) is 0 Å². The van der Waals surface area contributed by atoms with Crippen molar-refractivity contribution in [1.82, 2.24) is 20.1 Å². The number of ether oxygens (including phenoxy) is 1. The van der Waals surface area contributed by atoms with Gasteiger partial charge in [-0.2, -0.15) is 4.68 Å². The molecule has 1 heterocycles. The molecule has 0 spiro atoms. The monoisotopic (exact) mass is 426 g/mol. The molecule has 1 aliphatic rings. The second kappa shape index (κ2) is 8.16. The summed E-state index contributed by atoms with van der Waals surface area (Å²) in [6.45, 7) is 0.374. The number of H-pyrrole nitrogens is 1. The number of nitrogens with zero attached hydrogens (tertiary/aromatic N) is 2. The molecule has 0 atom stereocenters. The highest BCUT2D eigenvalue weighted by Gasteiger charge is 2.29. The van der Waals surface area contributed by atoms with Gasteiger partial charge in [0.1, 0.15) is 0 Å². The number of aromatic nitrogens is 3. The van der Waals surface area contributed by atoms with Gasteiger partial charge in [-0.1, -0.05) is 17.7 Å². The Morgan fingerprint density at radius 2 is 1.97 bits per heavy atom. The van der Waals surface area contributed by atoms with E-state index in [9.17, 15) is 14.4 Å². The molecule has 0 saturated heterocycles. The van der Waals surface area contributed by atoms with Crippen molar-refractivity contribution in [3.05, 3.63) is 69.1 Å². The van der Waals surface area contributed by atoms with Gasteiger partial charge in [-0.3, -0.25) is 9.78 Å². The SMILES string of the molecule is COC(=O)c1ccc(-n2nc(-c3cc(CNC(=O)C4CC4)ccc3Cl)[nH]c2=O)cc1. The van der Waals surface area contributed by atoms with E-state index in [1.165, 1.54) is 11.8 Å². The highest BCUT2D eigenvalue weighted by atomic mass is 35.5. The summed E-state index contributed by atoms with van der Waals surface area (Å²) in [5.41, 5.74) is 1.81. The molecule has 9 heteroatoms. The number of aromatic amines is 1. The fourth-order valence-electron chi connectivity index (χ4n) is 3.02. The summed E-state index contributed by atoms with van der Waals surface area (Å²) in [6, 6.07) is 11.6. The Morgan fingerprint density at radius 1 is 1.23 bits per heavy atom. The molecule has 2 aromatic carbocycles. The summed E-state index contributed by atoms with van der Waals surface area (Å²) in [5, 5.41) is 7.67. The average molecular weight is 427 g/mol. The Hall–Kier alpha value is -3.39. The number of methoxy groups -OCH3 is 1. The quantitative estimate of drug-likeness (QED) is 0.589. The Morgan fingerprint density at radius 3 is 2.63 bits per heavy atom. The molecular formula is C21H19ClN4O4. The summed E-state index contributed by atoms with van der Waals surface area (Å²) in [5.74, 6) is 0.0281. The molecule has 8 nitrogen and oxygen atoms in total. The first-order chi connectivity index (χ1) is 14.5. The van der Waals surface area contributed by atoms with E-state index in [4.69, 9.17) is 11.6 Å². The molecule has 1 aliphatic carbocycles. The molecule has 0 bridgehead atoms. The van der Waals surface area contributed by atoms with Gasteiger partial charge in [-0.25, -0.2) is 9.59 Å². The van der Waals surface area contributed by atoms with E-state index in [0.29, 0.717) is 34.2 Å². The number of carbonyl (C=O) groups is 2. The zero-order valence-electron chi connectivity index (χ0n) is 16.1. The second-order valence-corrected chi connectivity index (χ2v) is 7.44. The van der Waals surface area contributed by atoms with Gasteiger partial charge in [-0.15, -0.1) is 5.10 Å². The van der Waals surface area contributed by atoms with E-state index < -0.39 is 11.7 Å². The number of carbonyl (C=O) groups excluding carboxylic acids is 2. The van der Waals surface area contributed by atoms with Crippen LogP contribution in [0.4, 0.5) is 0 Å². The molecule has 1 fully saturated rings. The van der Waals surface area contributed by atoms with Crippen LogP contribution in [0.3, 0.4) is 0 Å². The number of esters is 1. The molecule has 1 amide bonds. The highest BCUT2D eigenvalue weighted by Crippen LogP contribution is 2.29. The minimum Gasteiger partial charge on any atom is -0.465 e. The van der Waals surface area contributed by atoms with Crippen LogP contribution in [0, 0.1) is 5.92 Å². The van der Waals surface area contributed by atoms with Crippen LogP contribution in [0.5, 0.6) is 0 Å². The average Bonchev–Trinajstić information content (AvgIpc) is 3.54. The fraction of sp³-hybridized carbons (Fsp3) is 0.238. The molecule has 1 aromatic heterocycles. The number of amides is 1. The zero-order valence-corrected chi connectivity index (χ0v) is 16.9. The number of hydrogen-bond acceptors (Lipinski definition) is 5. The van der Waals surface area contributed by atoms with E-state index in [1.54, 1.807) is 36.4 Å². The van der Waals surface area contributed by atoms with Crippen molar-refractivity contribution in [2.24, 2.45) is 5.92 Å². The van der Waals surface area contributed by atoms with Crippen molar-refractivity contribution in [3.8, 4) is 17.1 Å². The second-order valence-electron chi connectivity index (χ2n) is 7.04. The minimum atomic E-state index is -0.464. The van der Waals surface area contributed by atoms with E-state index >= 15 is 0 Å². The molecule has 0 radical (unpaired) electrons. The van der Waals surface area contributed by atoms with Gasteiger partial charge >= 0.3 is 11.7 Å². The Kier molecular flexibility index (Phi) is 5.41. The van der Waals surface area contributed by atoms with E-state index in [-0.39, 0.29) is 11.8 Å². The lowest BCUT2D eigenvalue weighted by molar-refractivity contribution is -0.122.